The van der Waals surface area contributed by atoms with E-state index in [0.717, 1.165) is 37.2 Å². The van der Waals surface area contributed by atoms with Crippen molar-refractivity contribution in [3.63, 3.8) is 0 Å². The Labute approximate surface area is 198 Å². The van der Waals surface area contributed by atoms with Gasteiger partial charge in [0.05, 0.1) is 22.0 Å². The molecule has 3 amide bonds. The van der Waals surface area contributed by atoms with Crippen LogP contribution in [0.15, 0.2) is 66.7 Å². The number of amides is 3. The third kappa shape index (κ3) is 5.84. The van der Waals surface area contributed by atoms with E-state index in [1.807, 2.05) is 43.3 Å². The first-order valence-corrected chi connectivity index (χ1v) is 11.5. The Bertz CT molecular complexity index is 1140. The van der Waals surface area contributed by atoms with E-state index in [-0.39, 0.29) is 11.9 Å². The van der Waals surface area contributed by atoms with E-state index < -0.39 is 0 Å². The molecule has 0 spiro atoms. The molecule has 0 aliphatic carbocycles. The highest BCUT2D eigenvalue weighted by atomic mass is 35.5. The fourth-order valence-electron chi connectivity index (χ4n) is 3.89. The summed E-state index contributed by atoms with van der Waals surface area (Å²) < 4.78 is 0. The van der Waals surface area contributed by atoms with E-state index in [4.69, 9.17) is 11.6 Å². The Morgan fingerprint density at radius 2 is 1.52 bits per heavy atom. The summed E-state index contributed by atoms with van der Waals surface area (Å²) in [5.74, 6) is -0.304. The Morgan fingerprint density at radius 1 is 0.818 bits per heavy atom. The quantitative estimate of drug-likeness (QED) is 0.403. The minimum Gasteiger partial charge on any atom is -0.370 e. The molecule has 0 radical (unpaired) electrons. The number of urea groups is 1. The van der Waals surface area contributed by atoms with Crippen molar-refractivity contribution in [2.24, 2.45) is 0 Å². The Kier molecular flexibility index (Phi) is 7.15. The second-order valence-electron chi connectivity index (χ2n) is 8.16. The van der Waals surface area contributed by atoms with Crippen molar-refractivity contribution in [2.75, 3.05) is 33.9 Å². The zero-order valence-corrected chi connectivity index (χ0v) is 19.3. The van der Waals surface area contributed by atoms with E-state index >= 15 is 0 Å². The average Bonchev–Trinajstić information content (AvgIpc) is 2.81. The second kappa shape index (κ2) is 10.4. The van der Waals surface area contributed by atoms with Crippen LogP contribution in [0.25, 0.3) is 0 Å². The number of carbonyl (C=O) groups is 2. The number of piperidine rings is 1. The van der Waals surface area contributed by atoms with Gasteiger partial charge in [0.25, 0.3) is 5.91 Å². The first kappa shape index (κ1) is 22.7. The van der Waals surface area contributed by atoms with E-state index in [1.54, 1.807) is 30.3 Å². The number of anilines is 4. The normalized spacial score (nSPS) is 13.3. The van der Waals surface area contributed by atoms with Gasteiger partial charge in [0, 0.05) is 24.5 Å². The first-order valence-electron chi connectivity index (χ1n) is 11.1. The SMILES string of the molecule is Cc1ccc(NC(=O)Nc2cc(NC(=O)c3ccccc3Cl)ccc2N2CCCCC2)cc1. The molecule has 3 aromatic carbocycles. The fourth-order valence-corrected chi connectivity index (χ4v) is 4.11. The number of nitrogens with one attached hydrogen (secondary N) is 3. The molecule has 0 aromatic heterocycles. The van der Waals surface area contributed by atoms with Gasteiger partial charge in [0.2, 0.25) is 0 Å². The van der Waals surface area contributed by atoms with Crippen LogP contribution in [0, 0.1) is 6.92 Å². The lowest BCUT2D eigenvalue weighted by molar-refractivity contribution is 0.102. The molecule has 0 unspecified atom stereocenters. The van der Waals surface area contributed by atoms with Gasteiger partial charge in [-0.3, -0.25) is 4.79 Å². The molecule has 3 N–H and O–H groups in total. The molecule has 7 heteroatoms. The minimum absolute atomic E-state index is 0.304. The van der Waals surface area contributed by atoms with Crippen LogP contribution in [-0.2, 0) is 0 Å². The summed E-state index contributed by atoms with van der Waals surface area (Å²) in [7, 11) is 0. The molecule has 1 aliphatic rings. The highest BCUT2D eigenvalue weighted by Gasteiger charge is 2.18. The smallest absolute Gasteiger partial charge is 0.323 e. The zero-order chi connectivity index (χ0) is 23.2. The number of carbonyl (C=O) groups excluding carboxylic acids is 2. The number of benzene rings is 3. The van der Waals surface area contributed by atoms with Gasteiger partial charge < -0.3 is 20.9 Å². The molecule has 3 aromatic rings. The molecule has 1 heterocycles. The average molecular weight is 463 g/mol. The monoisotopic (exact) mass is 462 g/mol. The van der Waals surface area contributed by atoms with Crippen molar-refractivity contribution in [3.8, 4) is 0 Å². The number of halogens is 1. The van der Waals surface area contributed by atoms with Crippen molar-refractivity contribution in [3.05, 3.63) is 82.9 Å². The van der Waals surface area contributed by atoms with Crippen LogP contribution in [0.3, 0.4) is 0 Å². The maximum Gasteiger partial charge on any atom is 0.323 e. The topological polar surface area (TPSA) is 73.5 Å². The summed E-state index contributed by atoms with van der Waals surface area (Å²) in [5.41, 5.74) is 4.37. The van der Waals surface area contributed by atoms with E-state index in [9.17, 15) is 9.59 Å². The summed E-state index contributed by atoms with van der Waals surface area (Å²) in [4.78, 5) is 27.7. The van der Waals surface area contributed by atoms with Gasteiger partial charge in [-0.25, -0.2) is 4.79 Å². The maximum atomic E-state index is 12.8. The third-order valence-corrected chi connectivity index (χ3v) is 5.96. The predicted molar refractivity (Wildman–Crippen MR) is 136 cm³/mol. The van der Waals surface area contributed by atoms with Crippen LogP contribution >= 0.6 is 11.6 Å². The van der Waals surface area contributed by atoms with Crippen molar-refractivity contribution < 1.29 is 9.59 Å². The third-order valence-electron chi connectivity index (χ3n) is 5.63. The highest BCUT2D eigenvalue weighted by Crippen LogP contribution is 2.32. The molecule has 0 atom stereocenters. The van der Waals surface area contributed by atoms with Gasteiger partial charge in [-0.05, 0) is 68.7 Å². The fraction of sp³-hybridized carbons (Fsp3) is 0.231. The van der Waals surface area contributed by atoms with E-state index in [1.165, 1.54) is 6.42 Å². The molecule has 33 heavy (non-hydrogen) atoms. The Hall–Kier alpha value is -3.51. The zero-order valence-electron chi connectivity index (χ0n) is 18.5. The molecule has 1 fully saturated rings. The number of hydrogen-bond acceptors (Lipinski definition) is 3. The lowest BCUT2D eigenvalue weighted by Crippen LogP contribution is -2.31. The predicted octanol–water partition coefficient (Wildman–Crippen LogP) is 6.54. The van der Waals surface area contributed by atoms with Crippen molar-refractivity contribution >= 4 is 46.3 Å². The van der Waals surface area contributed by atoms with Crippen LogP contribution in [-0.4, -0.2) is 25.0 Å². The van der Waals surface area contributed by atoms with Crippen molar-refractivity contribution in [2.45, 2.75) is 26.2 Å². The van der Waals surface area contributed by atoms with Crippen LogP contribution in [0.2, 0.25) is 5.02 Å². The number of hydrogen-bond donors (Lipinski definition) is 3. The molecule has 0 bridgehead atoms. The van der Waals surface area contributed by atoms with Gasteiger partial charge in [0.1, 0.15) is 0 Å². The number of rotatable bonds is 5. The van der Waals surface area contributed by atoms with E-state index in [2.05, 4.69) is 20.9 Å². The van der Waals surface area contributed by atoms with Crippen LogP contribution in [0.1, 0.15) is 35.2 Å². The molecule has 1 aliphatic heterocycles. The van der Waals surface area contributed by atoms with Crippen LogP contribution in [0.4, 0.5) is 27.5 Å². The molecule has 0 saturated carbocycles. The number of nitrogens with zero attached hydrogens (tertiary/aromatic N) is 1. The summed E-state index contributed by atoms with van der Waals surface area (Å²) in [6.07, 6.45) is 3.43. The molecular weight excluding hydrogens is 436 g/mol. The minimum atomic E-state index is -0.341. The summed E-state index contributed by atoms with van der Waals surface area (Å²) in [6, 6.07) is 19.7. The Morgan fingerprint density at radius 3 is 2.24 bits per heavy atom. The van der Waals surface area contributed by atoms with Crippen molar-refractivity contribution in [1.82, 2.24) is 0 Å². The van der Waals surface area contributed by atoms with Crippen molar-refractivity contribution in [1.29, 1.82) is 0 Å². The molecule has 4 rings (SSSR count). The summed E-state index contributed by atoms with van der Waals surface area (Å²) in [5, 5.41) is 9.10. The van der Waals surface area contributed by atoms with Gasteiger partial charge in [-0.15, -0.1) is 0 Å². The van der Waals surface area contributed by atoms with Crippen LogP contribution < -0.4 is 20.9 Å². The van der Waals surface area contributed by atoms with Gasteiger partial charge >= 0.3 is 6.03 Å². The van der Waals surface area contributed by atoms with E-state index in [0.29, 0.717) is 27.6 Å². The summed E-state index contributed by atoms with van der Waals surface area (Å²) in [6.45, 7) is 3.86. The van der Waals surface area contributed by atoms with Crippen LogP contribution in [0.5, 0.6) is 0 Å². The maximum absolute atomic E-state index is 12.8. The lowest BCUT2D eigenvalue weighted by Gasteiger charge is -2.31. The van der Waals surface area contributed by atoms with Gasteiger partial charge in [-0.1, -0.05) is 41.4 Å². The van der Waals surface area contributed by atoms with Gasteiger partial charge in [0.15, 0.2) is 0 Å². The standard InChI is InChI=1S/C26H27ClN4O2/c1-18-9-11-19(12-10-18)29-26(33)30-23-17-20(13-14-24(23)31-15-5-2-6-16-31)28-25(32)21-7-3-4-8-22(21)27/h3-4,7-14,17H,2,5-6,15-16H2,1H3,(H,28,32)(H2,29,30,33). The van der Waals surface area contributed by atoms with Gasteiger partial charge in [-0.2, -0.15) is 0 Å². The molecule has 6 nitrogen and oxygen atoms in total. The molecule has 170 valence electrons. The molecular formula is C26H27ClN4O2. The summed E-state index contributed by atoms with van der Waals surface area (Å²) >= 11 is 6.17. The number of aryl methyl sites for hydroxylation is 1. The first-order chi connectivity index (χ1) is 16.0. The highest BCUT2D eigenvalue weighted by molar-refractivity contribution is 6.34. The largest absolute Gasteiger partial charge is 0.370 e. The molecule has 1 saturated heterocycles. The Balaban J connectivity index is 1.56. The second-order valence-corrected chi connectivity index (χ2v) is 8.57. The lowest BCUT2D eigenvalue weighted by atomic mass is 10.1.